The number of ether oxygens (including phenoxy) is 3. The number of ketones is 1. The van der Waals surface area contributed by atoms with Gasteiger partial charge in [-0.3, -0.25) is 4.79 Å². The number of methoxy groups -OCH3 is 2. The summed E-state index contributed by atoms with van der Waals surface area (Å²) in [6.45, 7) is 1.67. The van der Waals surface area contributed by atoms with Gasteiger partial charge < -0.3 is 24.4 Å². The largest absolute Gasteiger partial charge is 0.387 e. The third-order valence-electron chi connectivity index (χ3n) is 5.94. The molecule has 0 aromatic heterocycles. The Kier molecular flexibility index (Phi) is 2.55. The van der Waals surface area contributed by atoms with Crippen LogP contribution in [0.15, 0.2) is 0 Å². The van der Waals surface area contributed by atoms with E-state index in [1.54, 1.807) is 6.92 Å². The highest BCUT2D eigenvalue weighted by Gasteiger charge is 2.99. The average Bonchev–Trinajstić information content (AvgIpc) is 2.90. The fraction of sp³-hybridized carbons (Fsp3) is 0.923. The molecule has 1 aliphatic heterocycles. The summed E-state index contributed by atoms with van der Waals surface area (Å²) >= 11 is 7.05. The first-order chi connectivity index (χ1) is 9.58. The van der Waals surface area contributed by atoms with E-state index in [9.17, 15) is 15.0 Å². The summed E-state index contributed by atoms with van der Waals surface area (Å²) in [6.07, 6.45) is -0.306. The van der Waals surface area contributed by atoms with Crippen molar-refractivity contribution in [2.45, 2.75) is 45.3 Å². The Morgan fingerprint density at radius 1 is 1.29 bits per heavy atom. The van der Waals surface area contributed by atoms with Crippen molar-refractivity contribution in [3.05, 3.63) is 0 Å². The predicted molar refractivity (Wildman–Crippen MR) is 77.1 cm³/mol. The average molecular weight is 428 g/mol. The molecule has 1 saturated heterocycles. The summed E-state index contributed by atoms with van der Waals surface area (Å²) < 4.78 is 14.4. The molecule has 4 rings (SSSR count). The highest BCUT2D eigenvalue weighted by Crippen LogP contribution is 2.81. The number of halogens is 2. The summed E-state index contributed by atoms with van der Waals surface area (Å²) in [5.41, 5.74) is -1.12. The van der Waals surface area contributed by atoms with Crippen LogP contribution in [0.2, 0.25) is 0 Å². The maximum atomic E-state index is 12.9. The second-order valence-corrected chi connectivity index (χ2v) is 9.16. The van der Waals surface area contributed by atoms with Gasteiger partial charge in [-0.15, -0.1) is 0 Å². The van der Waals surface area contributed by atoms with Gasteiger partial charge in [0.05, 0.1) is 11.7 Å². The lowest BCUT2D eigenvalue weighted by Gasteiger charge is -2.40. The number of carbonyl (C=O) groups excluding carboxylic acids is 1. The van der Waals surface area contributed by atoms with E-state index in [-0.39, 0.29) is 11.8 Å². The van der Waals surface area contributed by atoms with Crippen LogP contribution in [0.4, 0.5) is 0 Å². The molecule has 3 aliphatic carbocycles. The first-order valence-electron chi connectivity index (χ1n) is 6.74. The number of Topliss-reactive ketones (excluding diaryl/α,β-unsaturated/α-hetero) is 1. The van der Waals surface area contributed by atoms with Crippen LogP contribution in [0.1, 0.15) is 13.3 Å². The van der Waals surface area contributed by atoms with Gasteiger partial charge in [0.15, 0.2) is 0 Å². The molecule has 0 spiro atoms. The number of hydrogen-bond acceptors (Lipinski definition) is 6. The first-order valence-corrected chi connectivity index (χ1v) is 8.32. The second-order valence-electron chi connectivity index (χ2n) is 6.65. The fourth-order valence-electron chi connectivity index (χ4n) is 5.27. The lowest BCUT2D eigenvalue weighted by Crippen LogP contribution is -2.59. The molecule has 1 heterocycles. The van der Waals surface area contributed by atoms with Crippen LogP contribution < -0.4 is 0 Å². The van der Waals surface area contributed by atoms with Gasteiger partial charge in [0.1, 0.15) is 8.65 Å². The minimum Gasteiger partial charge on any atom is -0.387 e. The van der Waals surface area contributed by atoms with Gasteiger partial charge in [-0.1, -0.05) is 31.9 Å². The summed E-state index contributed by atoms with van der Waals surface area (Å²) in [6, 6.07) is 0. The van der Waals surface area contributed by atoms with Gasteiger partial charge >= 0.3 is 0 Å². The van der Waals surface area contributed by atoms with Crippen molar-refractivity contribution < 1.29 is 29.2 Å². The molecule has 0 radical (unpaired) electrons. The van der Waals surface area contributed by atoms with Crippen molar-refractivity contribution in [3.8, 4) is 0 Å². The van der Waals surface area contributed by atoms with Crippen LogP contribution in [-0.2, 0) is 19.0 Å². The Balaban J connectivity index is 2.06. The molecule has 6 nitrogen and oxygen atoms in total. The Bertz CT molecular complexity index is 563. The van der Waals surface area contributed by atoms with Crippen molar-refractivity contribution >= 4 is 37.6 Å². The highest BCUT2D eigenvalue weighted by molar-refractivity contribution is 9.11. The maximum Gasteiger partial charge on any atom is 0.250 e. The zero-order valence-corrected chi connectivity index (χ0v) is 14.9. The number of carbonyl (C=O) groups is 1. The summed E-state index contributed by atoms with van der Waals surface area (Å²) in [7, 11) is 2.88. The predicted octanol–water partition coefficient (Wildman–Crippen LogP) is 0.314. The Morgan fingerprint density at radius 3 is 2.38 bits per heavy atom. The minimum atomic E-state index is -2.10. The molecule has 4 unspecified atom stereocenters. The number of hydrogen-bond donors (Lipinski definition) is 2. The van der Waals surface area contributed by atoms with E-state index in [1.807, 2.05) is 0 Å². The van der Waals surface area contributed by atoms with Crippen LogP contribution in [0.25, 0.3) is 0 Å². The normalized spacial score (nSPS) is 62.8. The number of aliphatic hydroxyl groups is 2. The van der Waals surface area contributed by atoms with Gasteiger partial charge in [0.2, 0.25) is 17.4 Å². The second kappa shape index (κ2) is 3.58. The lowest BCUT2D eigenvalue weighted by atomic mass is 9.79. The van der Waals surface area contributed by atoms with Gasteiger partial charge in [-0.25, -0.2) is 0 Å². The lowest BCUT2D eigenvalue weighted by molar-refractivity contribution is -0.250. The van der Waals surface area contributed by atoms with Crippen molar-refractivity contribution in [1.82, 2.24) is 0 Å². The Hall–Kier alpha value is 0.430. The molecule has 4 fully saturated rings. The first kappa shape index (κ1) is 15.0. The van der Waals surface area contributed by atoms with E-state index >= 15 is 0 Å². The molecule has 2 bridgehead atoms. The molecule has 2 N–H and O–H groups in total. The molecule has 4 aliphatic rings. The zero-order valence-electron chi connectivity index (χ0n) is 11.7. The zero-order chi connectivity index (χ0) is 15.6. The third kappa shape index (κ3) is 1.05. The SMILES string of the molecule is COC1(OC)C2(Br)C(=O)[C@@]3(O)O[C@@H]4C(C2C[C@@]4(C)O)C13Br. The molecule has 7 atom stereocenters. The number of alkyl halides is 2. The van der Waals surface area contributed by atoms with Crippen molar-refractivity contribution in [1.29, 1.82) is 0 Å². The van der Waals surface area contributed by atoms with E-state index in [4.69, 9.17) is 14.2 Å². The molecular formula is C13H16Br2O6. The Labute approximate surface area is 138 Å². The summed E-state index contributed by atoms with van der Waals surface area (Å²) in [4.78, 5) is 12.9. The van der Waals surface area contributed by atoms with Crippen LogP contribution in [0.5, 0.6) is 0 Å². The van der Waals surface area contributed by atoms with Gasteiger partial charge in [-0.05, 0) is 19.3 Å². The van der Waals surface area contributed by atoms with Crippen LogP contribution in [0, 0.1) is 11.8 Å². The van der Waals surface area contributed by atoms with Crippen LogP contribution in [0.3, 0.4) is 0 Å². The van der Waals surface area contributed by atoms with Crippen LogP contribution in [-0.4, -0.2) is 62.1 Å². The van der Waals surface area contributed by atoms with Gasteiger partial charge in [-0.2, -0.15) is 0 Å². The van der Waals surface area contributed by atoms with Crippen molar-refractivity contribution in [3.63, 3.8) is 0 Å². The van der Waals surface area contributed by atoms with Gasteiger partial charge in [0, 0.05) is 20.1 Å². The standard InChI is InChI=1S/C13H16Br2O6/c1-9(17)4-5-6-7(9)21-12(18)8(16)10(5,14)13(19-2,20-3)11(6,12)15/h5-7,17-18H,4H2,1-3H3/t5?,6?,7-,9-,10?,11?,12-/m1/s1. The molecule has 118 valence electrons. The van der Waals surface area contributed by atoms with Crippen LogP contribution >= 0.6 is 31.9 Å². The van der Waals surface area contributed by atoms with E-state index in [2.05, 4.69) is 31.9 Å². The van der Waals surface area contributed by atoms with Crippen molar-refractivity contribution in [2.24, 2.45) is 11.8 Å². The smallest absolute Gasteiger partial charge is 0.250 e. The highest BCUT2D eigenvalue weighted by atomic mass is 79.9. The molecule has 0 aromatic rings. The van der Waals surface area contributed by atoms with Crippen molar-refractivity contribution in [2.75, 3.05) is 14.2 Å². The van der Waals surface area contributed by atoms with E-state index in [0.29, 0.717) is 6.42 Å². The Morgan fingerprint density at radius 2 is 1.86 bits per heavy atom. The quantitative estimate of drug-likeness (QED) is 0.487. The van der Waals surface area contributed by atoms with Gasteiger partial charge in [0.25, 0.3) is 0 Å². The topological polar surface area (TPSA) is 85.2 Å². The number of fused-ring (bicyclic) bond motifs is 2. The fourth-order valence-corrected chi connectivity index (χ4v) is 8.35. The van der Waals surface area contributed by atoms with E-state index in [1.165, 1.54) is 14.2 Å². The molecule has 0 amide bonds. The molecule has 0 aromatic carbocycles. The van der Waals surface area contributed by atoms with E-state index in [0.717, 1.165) is 0 Å². The van der Waals surface area contributed by atoms with E-state index < -0.39 is 37.7 Å². The molecular weight excluding hydrogens is 412 g/mol. The molecule has 21 heavy (non-hydrogen) atoms. The third-order valence-corrected chi connectivity index (χ3v) is 9.00. The maximum absolute atomic E-state index is 12.9. The molecule has 3 saturated carbocycles. The number of rotatable bonds is 2. The monoisotopic (exact) mass is 426 g/mol. The minimum absolute atomic E-state index is 0.271. The summed E-state index contributed by atoms with van der Waals surface area (Å²) in [5, 5.41) is 21.6. The molecule has 8 heteroatoms. The summed E-state index contributed by atoms with van der Waals surface area (Å²) in [5.74, 6) is -4.61.